The van der Waals surface area contributed by atoms with Crippen molar-refractivity contribution in [3.05, 3.63) is 15.8 Å². The van der Waals surface area contributed by atoms with Gasteiger partial charge in [0.2, 0.25) is 10.0 Å². The third kappa shape index (κ3) is 3.13. The quantitative estimate of drug-likeness (QED) is 0.883. The first-order valence-electron chi connectivity index (χ1n) is 6.73. The zero-order valence-electron chi connectivity index (χ0n) is 12.4. The van der Waals surface area contributed by atoms with Gasteiger partial charge in [0.05, 0.1) is 0 Å². The van der Waals surface area contributed by atoms with Crippen LogP contribution in [0.5, 0.6) is 0 Å². The van der Waals surface area contributed by atoms with Gasteiger partial charge >= 0.3 is 5.97 Å². The van der Waals surface area contributed by atoms with Crippen molar-refractivity contribution in [3.8, 4) is 0 Å². The molecule has 0 aliphatic carbocycles. The molecule has 1 atom stereocenters. The van der Waals surface area contributed by atoms with Crippen LogP contribution in [0.4, 0.5) is 0 Å². The molecular weight excluding hydrogens is 312 g/mol. The zero-order chi connectivity index (χ0) is 15.8. The average Bonchev–Trinajstić information content (AvgIpc) is 2.96. The van der Waals surface area contributed by atoms with Gasteiger partial charge in [0.15, 0.2) is 0 Å². The maximum absolute atomic E-state index is 12.7. The second kappa shape index (κ2) is 6.04. The van der Waals surface area contributed by atoms with Crippen molar-refractivity contribution in [2.75, 3.05) is 27.2 Å². The summed E-state index contributed by atoms with van der Waals surface area (Å²) in [5.41, 5.74) is 0.490. The number of likely N-dealkylation sites (N-methyl/N-ethyl adjacent to an activating group) is 2. The molecule has 1 aromatic rings. The van der Waals surface area contributed by atoms with E-state index < -0.39 is 16.0 Å². The summed E-state index contributed by atoms with van der Waals surface area (Å²) in [6, 6.07) is 0.192. The average molecular weight is 332 g/mol. The molecule has 8 heteroatoms. The van der Waals surface area contributed by atoms with Gasteiger partial charge < -0.3 is 10.0 Å². The molecule has 21 heavy (non-hydrogen) atoms. The lowest BCUT2D eigenvalue weighted by Crippen LogP contribution is -2.39. The van der Waals surface area contributed by atoms with Crippen molar-refractivity contribution in [1.29, 1.82) is 0 Å². The summed E-state index contributed by atoms with van der Waals surface area (Å²) in [5, 5.41) is 10.7. The first-order chi connectivity index (χ1) is 9.75. The molecule has 0 amide bonds. The number of aryl methyl sites for hydroxylation is 1. The summed E-state index contributed by atoms with van der Waals surface area (Å²) in [7, 11) is -0.276. The van der Waals surface area contributed by atoms with E-state index in [1.807, 2.05) is 7.05 Å². The molecule has 2 heterocycles. The van der Waals surface area contributed by atoms with E-state index in [0.29, 0.717) is 12.1 Å². The van der Waals surface area contributed by atoms with Gasteiger partial charge in [-0.1, -0.05) is 0 Å². The highest BCUT2D eigenvalue weighted by Crippen LogP contribution is 2.29. The lowest BCUT2D eigenvalue weighted by atomic mass is 10.2. The highest BCUT2D eigenvalue weighted by atomic mass is 32.2. The Morgan fingerprint density at radius 3 is 2.76 bits per heavy atom. The van der Waals surface area contributed by atoms with Gasteiger partial charge in [0.25, 0.3) is 0 Å². The van der Waals surface area contributed by atoms with Gasteiger partial charge in [-0.25, -0.2) is 13.2 Å². The number of carboxylic acids is 1. The van der Waals surface area contributed by atoms with E-state index in [0.717, 1.165) is 30.7 Å². The molecule has 1 aliphatic rings. The lowest BCUT2D eigenvalue weighted by Gasteiger charge is -2.25. The number of rotatable bonds is 5. The number of hydrogen-bond donors (Lipinski definition) is 1. The van der Waals surface area contributed by atoms with Gasteiger partial charge in [-0.2, -0.15) is 4.31 Å². The minimum Gasteiger partial charge on any atom is -0.477 e. The van der Waals surface area contributed by atoms with Crippen LogP contribution in [0.25, 0.3) is 0 Å². The van der Waals surface area contributed by atoms with Crippen molar-refractivity contribution in [1.82, 2.24) is 9.21 Å². The van der Waals surface area contributed by atoms with E-state index >= 15 is 0 Å². The molecule has 1 unspecified atom stereocenters. The van der Waals surface area contributed by atoms with Crippen molar-refractivity contribution in [2.24, 2.45) is 0 Å². The molecule has 0 radical (unpaired) electrons. The van der Waals surface area contributed by atoms with Crippen molar-refractivity contribution in [2.45, 2.75) is 30.7 Å². The van der Waals surface area contributed by atoms with Crippen LogP contribution in [-0.4, -0.2) is 61.9 Å². The minimum atomic E-state index is -3.78. The van der Waals surface area contributed by atoms with Crippen LogP contribution in [0.1, 0.15) is 28.1 Å². The number of hydrogen-bond acceptors (Lipinski definition) is 5. The van der Waals surface area contributed by atoms with Crippen LogP contribution in [0.2, 0.25) is 0 Å². The van der Waals surface area contributed by atoms with Crippen LogP contribution in [-0.2, 0) is 10.0 Å². The van der Waals surface area contributed by atoms with E-state index in [4.69, 9.17) is 5.11 Å². The zero-order valence-corrected chi connectivity index (χ0v) is 14.0. The second-order valence-electron chi connectivity index (χ2n) is 5.44. The lowest BCUT2D eigenvalue weighted by molar-refractivity contribution is 0.0698. The normalized spacial score (nSPS) is 20.3. The molecule has 2 rings (SSSR count). The molecule has 1 aliphatic heterocycles. The Balaban J connectivity index is 2.29. The smallest absolute Gasteiger partial charge is 0.347 e. The number of aromatic carboxylic acids is 1. The summed E-state index contributed by atoms with van der Waals surface area (Å²) in [6.45, 7) is 2.98. The Bertz CT molecular complexity index is 639. The van der Waals surface area contributed by atoms with Gasteiger partial charge in [-0.05, 0) is 44.3 Å². The predicted octanol–water partition coefficient (Wildman–Crippen LogP) is 1.47. The first-order valence-corrected chi connectivity index (χ1v) is 9.05. The minimum absolute atomic E-state index is 0.0665. The van der Waals surface area contributed by atoms with Crippen LogP contribution >= 0.6 is 11.3 Å². The highest BCUT2D eigenvalue weighted by Gasteiger charge is 2.33. The van der Waals surface area contributed by atoms with Crippen molar-refractivity contribution < 1.29 is 18.3 Å². The fourth-order valence-electron chi connectivity index (χ4n) is 2.66. The standard InChI is InChI=1S/C13H20N2O4S2/c1-9-8-20-11(13(16)17)12(9)21(18,19)15(3)7-10-5-4-6-14(10)2/h8,10H,4-7H2,1-3H3,(H,16,17). The molecule has 0 saturated carbocycles. The van der Waals surface area contributed by atoms with Gasteiger partial charge in [-0.15, -0.1) is 11.3 Å². The van der Waals surface area contributed by atoms with Gasteiger partial charge in [0.1, 0.15) is 9.77 Å². The van der Waals surface area contributed by atoms with E-state index in [1.54, 1.807) is 12.3 Å². The largest absolute Gasteiger partial charge is 0.477 e. The number of thiophene rings is 1. The number of sulfonamides is 1. The SMILES string of the molecule is Cc1csc(C(=O)O)c1S(=O)(=O)N(C)CC1CCCN1C. The summed E-state index contributed by atoms with van der Waals surface area (Å²) in [5.74, 6) is -1.20. The van der Waals surface area contributed by atoms with Crippen LogP contribution in [0, 0.1) is 6.92 Å². The Kier molecular flexibility index (Phi) is 4.72. The van der Waals surface area contributed by atoms with E-state index in [9.17, 15) is 13.2 Å². The Morgan fingerprint density at radius 1 is 1.57 bits per heavy atom. The maximum Gasteiger partial charge on any atom is 0.347 e. The molecule has 1 saturated heterocycles. The Labute approximate surface area is 129 Å². The topological polar surface area (TPSA) is 77.9 Å². The van der Waals surface area contributed by atoms with Crippen molar-refractivity contribution in [3.63, 3.8) is 0 Å². The molecule has 118 valence electrons. The molecular formula is C13H20N2O4S2. The molecule has 6 nitrogen and oxygen atoms in total. The fraction of sp³-hybridized carbons (Fsp3) is 0.615. The monoisotopic (exact) mass is 332 g/mol. The summed E-state index contributed by atoms with van der Waals surface area (Å²) >= 11 is 0.956. The van der Waals surface area contributed by atoms with Crippen LogP contribution in [0.15, 0.2) is 10.3 Å². The molecule has 0 bridgehead atoms. The molecule has 1 N–H and O–H groups in total. The summed E-state index contributed by atoms with van der Waals surface area (Å²) in [4.78, 5) is 13.2. The van der Waals surface area contributed by atoms with Crippen molar-refractivity contribution >= 4 is 27.3 Å². The third-order valence-corrected chi connectivity index (χ3v) is 7.15. The highest BCUT2D eigenvalue weighted by molar-refractivity contribution is 7.89. The Morgan fingerprint density at radius 2 is 2.24 bits per heavy atom. The predicted molar refractivity (Wildman–Crippen MR) is 81.5 cm³/mol. The van der Waals surface area contributed by atoms with Gasteiger partial charge in [0, 0.05) is 19.6 Å². The molecule has 1 aromatic heterocycles. The number of carbonyl (C=O) groups is 1. The second-order valence-corrected chi connectivity index (χ2v) is 8.31. The van der Waals surface area contributed by atoms with Crippen LogP contribution in [0.3, 0.4) is 0 Å². The molecule has 0 spiro atoms. The van der Waals surface area contributed by atoms with Crippen LogP contribution < -0.4 is 0 Å². The number of likely N-dealkylation sites (tertiary alicyclic amines) is 1. The van der Waals surface area contributed by atoms with E-state index in [-0.39, 0.29) is 15.8 Å². The number of carboxylic acid groups (broad SMARTS) is 1. The fourth-order valence-corrected chi connectivity index (χ4v) is 5.45. The number of nitrogens with zero attached hydrogens (tertiary/aromatic N) is 2. The maximum atomic E-state index is 12.7. The van der Waals surface area contributed by atoms with E-state index in [1.165, 1.54) is 11.4 Å². The van der Waals surface area contributed by atoms with E-state index in [2.05, 4.69) is 4.90 Å². The Hall–Kier alpha value is -0.960. The first kappa shape index (κ1) is 16.4. The summed E-state index contributed by atoms with van der Waals surface area (Å²) < 4.78 is 26.6. The molecule has 0 aromatic carbocycles. The summed E-state index contributed by atoms with van der Waals surface area (Å²) in [6.07, 6.45) is 2.03. The van der Waals surface area contributed by atoms with Gasteiger partial charge in [-0.3, -0.25) is 0 Å². The molecule has 1 fully saturated rings. The third-order valence-electron chi connectivity index (χ3n) is 3.92.